The standard InChI is InChI=1S/C19H29N3/c1-13(2)18-10-19(12-20-11-18)22-9-8-21(14(3)15(22)4)16(5)17-6-7-17/h10-15,17H,5-9H2,1-4H3. The first-order valence-electron chi connectivity index (χ1n) is 8.66. The van der Waals surface area contributed by atoms with E-state index in [1.165, 1.54) is 29.8 Å². The average Bonchev–Trinajstić information content (AvgIpc) is 3.34. The van der Waals surface area contributed by atoms with Gasteiger partial charge in [0.15, 0.2) is 0 Å². The molecule has 0 N–H and O–H groups in total. The fourth-order valence-corrected chi connectivity index (χ4v) is 3.48. The van der Waals surface area contributed by atoms with Crippen molar-refractivity contribution in [3.8, 4) is 0 Å². The SMILES string of the molecule is C=C(C1CC1)N1CCN(c2cncc(C(C)C)c2)C(C)C1C. The highest BCUT2D eigenvalue weighted by Gasteiger charge is 2.36. The van der Waals surface area contributed by atoms with Crippen LogP contribution >= 0.6 is 0 Å². The Hall–Kier alpha value is -1.51. The number of pyridine rings is 1. The van der Waals surface area contributed by atoms with Crippen LogP contribution in [0.15, 0.2) is 30.7 Å². The van der Waals surface area contributed by atoms with Gasteiger partial charge in [0.1, 0.15) is 0 Å². The minimum Gasteiger partial charge on any atom is -0.369 e. The Kier molecular flexibility index (Phi) is 4.16. The van der Waals surface area contributed by atoms with Crippen LogP contribution in [0.2, 0.25) is 0 Å². The zero-order valence-corrected chi connectivity index (χ0v) is 14.4. The summed E-state index contributed by atoms with van der Waals surface area (Å²) in [5.74, 6) is 1.28. The van der Waals surface area contributed by atoms with E-state index in [2.05, 4.69) is 55.1 Å². The molecule has 2 fully saturated rings. The molecule has 3 rings (SSSR count). The number of rotatable bonds is 4. The first kappa shape index (κ1) is 15.4. The van der Waals surface area contributed by atoms with Gasteiger partial charge >= 0.3 is 0 Å². The predicted octanol–water partition coefficient (Wildman–Crippen LogP) is 4.03. The molecular weight excluding hydrogens is 270 g/mol. The van der Waals surface area contributed by atoms with Crippen LogP contribution in [-0.2, 0) is 0 Å². The number of piperazine rings is 1. The molecule has 2 heterocycles. The van der Waals surface area contributed by atoms with Crippen LogP contribution in [-0.4, -0.2) is 35.1 Å². The Morgan fingerprint density at radius 1 is 1.18 bits per heavy atom. The van der Waals surface area contributed by atoms with Crippen LogP contribution in [0.25, 0.3) is 0 Å². The van der Waals surface area contributed by atoms with Crippen LogP contribution in [0.1, 0.15) is 52.0 Å². The third-order valence-corrected chi connectivity index (χ3v) is 5.42. The van der Waals surface area contributed by atoms with Gasteiger partial charge in [-0.05, 0) is 50.2 Å². The van der Waals surface area contributed by atoms with Crippen LogP contribution in [0.5, 0.6) is 0 Å². The second kappa shape index (κ2) is 5.94. The molecule has 22 heavy (non-hydrogen) atoms. The van der Waals surface area contributed by atoms with Crippen LogP contribution in [0, 0.1) is 5.92 Å². The molecular formula is C19H29N3. The highest BCUT2D eigenvalue weighted by molar-refractivity contribution is 5.48. The summed E-state index contributed by atoms with van der Waals surface area (Å²) >= 11 is 0. The molecule has 0 aromatic carbocycles. The molecule has 1 aliphatic heterocycles. The van der Waals surface area contributed by atoms with Crippen molar-refractivity contribution in [2.45, 2.75) is 58.5 Å². The van der Waals surface area contributed by atoms with Gasteiger partial charge in [-0.15, -0.1) is 0 Å². The van der Waals surface area contributed by atoms with Crippen molar-refractivity contribution < 1.29 is 0 Å². The maximum atomic E-state index is 4.46. The number of aromatic nitrogens is 1. The van der Waals surface area contributed by atoms with Crippen LogP contribution in [0.4, 0.5) is 5.69 Å². The lowest BCUT2D eigenvalue weighted by molar-refractivity contribution is 0.196. The van der Waals surface area contributed by atoms with Gasteiger partial charge in [0.05, 0.1) is 11.9 Å². The summed E-state index contributed by atoms with van der Waals surface area (Å²) in [5, 5.41) is 0. The highest BCUT2D eigenvalue weighted by atomic mass is 15.3. The quantitative estimate of drug-likeness (QED) is 0.837. The zero-order chi connectivity index (χ0) is 15.9. The zero-order valence-electron chi connectivity index (χ0n) is 14.4. The molecule has 1 aliphatic carbocycles. The normalized spacial score (nSPS) is 25.7. The maximum Gasteiger partial charge on any atom is 0.0559 e. The van der Waals surface area contributed by atoms with Gasteiger partial charge in [-0.25, -0.2) is 0 Å². The summed E-state index contributed by atoms with van der Waals surface area (Å²) in [7, 11) is 0. The highest BCUT2D eigenvalue weighted by Crippen LogP contribution is 2.39. The Morgan fingerprint density at radius 3 is 2.55 bits per heavy atom. The molecule has 1 saturated heterocycles. The second-order valence-corrected chi connectivity index (χ2v) is 7.26. The van der Waals surface area contributed by atoms with Crippen molar-refractivity contribution in [3.63, 3.8) is 0 Å². The molecule has 2 aliphatic rings. The maximum absolute atomic E-state index is 4.46. The third kappa shape index (κ3) is 2.86. The number of anilines is 1. The Balaban J connectivity index is 1.76. The molecule has 1 aromatic rings. The monoisotopic (exact) mass is 299 g/mol. The first-order chi connectivity index (χ1) is 10.5. The molecule has 2 atom stereocenters. The van der Waals surface area contributed by atoms with Gasteiger partial charge in [-0.3, -0.25) is 4.98 Å². The molecule has 0 radical (unpaired) electrons. The Bertz CT molecular complexity index is 547. The van der Waals surface area contributed by atoms with Gasteiger partial charge in [0.2, 0.25) is 0 Å². The Morgan fingerprint density at radius 2 is 1.91 bits per heavy atom. The summed E-state index contributed by atoms with van der Waals surface area (Å²) in [4.78, 5) is 9.51. The summed E-state index contributed by atoms with van der Waals surface area (Å²) < 4.78 is 0. The fourth-order valence-electron chi connectivity index (χ4n) is 3.48. The van der Waals surface area contributed by atoms with E-state index < -0.39 is 0 Å². The minimum atomic E-state index is 0.480. The predicted molar refractivity (Wildman–Crippen MR) is 93.2 cm³/mol. The lowest BCUT2D eigenvalue weighted by Crippen LogP contribution is -2.57. The molecule has 3 nitrogen and oxygen atoms in total. The molecule has 120 valence electrons. The van der Waals surface area contributed by atoms with Crippen molar-refractivity contribution >= 4 is 5.69 Å². The van der Waals surface area contributed by atoms with E-state index in [0.29, 0.717) is 18.0 Å². The molecule has 1 saturated carbocycles. The second-order valence-electron chi connectivity index (χ2n) is 7.26. The summed E-state index contributed by atoms with van der Waals surface area (Å²) in [6.45, 7) is 15.6. The van der Waals surface area contributed by atoms with Crippen molar-refractivity contribution in [3.05, 3.63) is 36.3 Å². The Labute approximate surface area is 135 Å². The van der Waals surface area contributed by atoms with Gasteiger partial charge in [-0.1, -0.05) is 20.4 Å². The number of nitrogens with zero attached hydrogens (tertiary/aromatic N) is 3. The smallest absolute Gasteiger partial charge is 0.0559 e. The van der Waals surface area contributed by atoms with Crippen molar-refractivity contribution in [2.75, 3.05) is 18.0 Å². The van der Waals surface area contributed by atoms with E-state index in [-0.39, 0.29) is 0 Å². The van der Waals surface area contributed by atoms with Gasteiger partial charge in [0, 0.05) is 37.1 Å². The lowest BCUT2D eigenvalue weighted by atomic mass is 10.0. The fraction of sp³-hybridized carbons (Fsp3) is 0.632. The summed E-state index contributed by atoms with van der Waals surface area (Å²) in [6.07, 6.45) is 6.68. The van der Waals surface area contributed by atoms with Crippen LogP contribution in [0.3, 0.4) is 0 Å². The van der Waals surface area contributed by atoms with Crippen molar-refractivity contribution in [2.24, 2.45) is 5.92 Å². The van der Waals surface area contributed by atoms with Crippen molar-refractivity contribution in [1.29, 1.82) is 0 Å². The van der Waals surface area contributed by atoms with E-state index >= 15 is 0 Å². The van der Waals surface area contributed by atoms with E-state index in [9.17, 15) is 0 Å². The van der Waals surface area contributed by atoms with Crippen molar-refractivity contribution in [1.82, 2.24) is 9.88 Å². The lowest BCUT2D eigenvalue weighted by Gasteiger charge is -2.48. The number of allylic oxidation sites excluding steroid dienone is 1. The minimum absolute atomic E-state index is 0.480. The molecule has 1 aromatic heterocycles. The topological polar surface area (TPSA) is 19.4 Å². The van der Waals surface area contributed by atoms with Gasteiger partial charge in [-0.2, -0.15) is 0 Å². The van der Waals surface area contributed by atoms with Gasteiger partial charge < -0.3 is 9.80 Å². The average molecular weight is 299 g/mol. The van der Waals surface area contributed by atoms with E-state index in [1.807, 2.05) is 12.4 Å². The third-order valence-electron chi connectivity index (χ3n) is 5.42. The number of hydrogen-bond acceptors (Lipinski definition) is 3. The van der Waals surface area contributed by atoms with E-state index in [4.69, 9.17) is 0 Å². The van der Waals surface area contributed by atoms with E-state index in [0.717, 1.165) is 19.0 Å². The van der Waals surface area contributed by atoms with E-state index in [1.54, 1.807) is 0 Å². The number of hydrogen-bond donors (Lipinski definition) is 0. The molecule has 2 unspecified atom stereocenters. The molecule has 0 amide bonds. The summed E-state index contributed by atoms with van der Waals surface area (Å²) in [5.41, 5.74) is 3.96. The molecule has 3 heteroatoms. The molecule has 0 spiro atoms. The molecule has 0 bridgehead atoms. The van der Waals surface area contributed by atoms with Gasteiger partial charge in [0.25, 0.3) is 0 Å². The first-order valence-corrected chi connectivity index (χ1v) is 8.66. The summed E-state index contributed by atoms with van der Waals surface area (Å²) in [6, 6.07) is 3.30. The van der Waals surface area contributed by atoms with Crippen LogP contribution < -0.4 is 4.90 Å². The largest absolute Gasteiger partial charge is 0.369 e.